The standard InChI is InChI=1S/C21H21O2P/c1-16-4-10-19(11-5-16)22-24(21-14-8-18(3)9-15-21)23-20-12-6-17(2)7-13-20/h4-15H,1-3H3. The number of hydrogen-bond donors (Lipinski definition) is 0. The second-order valence-electron chi connectivity index (χ2n) is 5.90. The van der Waals surface area contributed by atoms with E-state index in [1.54, 1.807) is 0 Å². The highest BCUT2D eigenvalue weighted by atomic mass is 31.2. The fourth-order valence-electron chi connectivity index (χ4n) is 2.18. The van der Waals surface area contributed by atoms with E-state index < -0.39 is 8.38 Å². The average molecular weight is 336 g/mol. The Morgan fingerprint density at radius 3 is 1.21 bits per heavy atom. The molecule has 0 atom stereocenters. The van der Waals surface area contributed by atoms with Gasteiger partial charge in [-0.25, -0.2) is 0 Å². The Morgan fingerprint density at radius 1 is 0.500 bits per heavy atom. The summed E-state index contributed by atoms with van der Waals surface area (Å²) in [6.45, 7) is 6.21. The molecule has 0 fully saturated rings. The molecule has 0 spiro atoms. The first-order valence-electron chi connectivity index (χ1n) is 7.96. The largest absolute Gasteiger partial charge is 0.435 e. The van der Waals surface area contributed by atoms with Crippen molar-refractivity contribution < 1.29 is 9.05 Å². The first-order chi connectivity index (χ1) is 11.6. The lowest BCUT2D eigenvalue weighted by Gasteiger charge is -2.19. The van der Waals surface area contributed by atoms with Gasteiger partial charge >= 0.3 is 8.38 Å². The van der Waals surface area contributed by atoms with Crippen molar-refractivity contribution in [3.63, 3.8) is 0 Å². The molecule has 0 bridgehead atoms. The lowest BCUT2D eigenvalue weighted by atomic mass is 10.2. The molecule has 0 aliphatic carbocycles. The number of rotatable bonds is 5. The van der Waals surface area contributed by atoms with Gasteiger partial charge < -0.3 is 9.05 Å². The summed E-state index contributed by atoms with van der Waals surface area (Å²) in [7, 11) is -1.24. The monoisotopic (exact) mass is 336 g/mol. The third-order valence-electron chi connectivity index (χ3n) is 3.66. The Morgan fingerprint density at radius 2 is 0.833 bits per heavy atom. The van der Waals surface area contributed by atoms with Gasteiger partial charge in [-0.05, 0) is 57.2 Å². The van der Waals surface area contributed by atoms with Gasteiger partial charge in [-0.3, -0.25) is 0 Å². The molecule has 3 aromatic carbocycles. The average Bonchev–Trinajstić information content (AvgIpc) is 2.59. The van der Waals surface area contributed by atoms with Crippen molar-refractivity contribution in [3.8, 4) is 11.5 Å². The summed E-state index contributed by atoms with van der Waals surface area (Å²) in [6.07, 6.45) is 0. The summed E-state index contributed by atoms with van der Waals surface area (Å²) in [5.41, 5.74) is 3.64. The lowest BCUT2D eigenvalue weighted by molar-refractivity contribution is 0.501. The van der Waals surface area contributed by atoms with Gasteiger partial charge in [0, 0.05) is 0 Å². The summed E-state index contributed by atoms with van der Waals surface area (Å²) >= 11 is 0. The van der Waals surface area contributed by atoms with Crippen molar-refractivity contribution in [2.24, 2.45) is 0 Å². The summed E-state index contributed by atoms with van der Waals surface area (Å²) in [4.78, 5) is 0. The van der Waals surface area contributed by atoms with Crippen LogP contribution in [0.4, 0.5) is 0 Å². The molecule has 3 heteroatoms. The van der Waals surface area contributed by atoms with E-state index in [4.69, 9.17) is 9.05 Å². The zero-order valence-electron chi connectivity index (χ0n) is 14.2. The molecule has 0 heterocycles. The molecule has 0 saturated heterocycles. The second kappa shape index (κ2) is 7.51. The lowest BCUT2D eigenvalue weighted by Crippen LogP contribution is -2.10. The maximum absolute atomic E-state index is 6.17. The molecular formula is C21H21O2P. The van der Waals surface area contributed by atoms with E-state index in [1.165, 1.54) is 16.7 Å². The van der Waals surface area contributed by atoms with Gasteiger partial charge in [-0.1, -0.05) is 53.1 Å². The van der Waals surface area contributed by atoms with Crippen molar-refractivity contribution in [3.05, 3.63) is 89.5 Å². The Kier molecular flexibility index (Phi) is 5.17. The minimum absolute atomic E-state index is 0.819. The smallest absolute Gasteiger partial charge is 0.326 e. The number of hydrogen-bond acceptors (Lipinski definition) is 2. The topological polar surface area (TPSA) is 18.5 Å². The third kappa shape index (κ3) is 4.37. The predicted molar refractivity (Wildman–Crippen MR) is 101 cm³/mol. The van der Waals surface area contributed by atoms with Gasteiger partial charge in [0.2, 0.25) is 0 Å². The molecule has 0 aliphatic heterocycles. The Hall–Kier alpha value is -2.31. The van der Waals surface area contributed by atoms with Gasteiger partial charge in [0.15, 0.2) is 0 Å². The molecular weight excluding hydrogens is 315 g/mol. The van der Waals surface area contributed by atoms with Gasteiger partial charge in [0.1, 0.15) is 11.5 Å². The molecule has 0 aromatic heterocycles. The van der Waals surface area contributed by atoms with Gasteiger partial charge in [0.05, 0.1) is 5.30 Å². The molecule has 0 saturated carbocycles. The highest BCUT2D eigenvalue weighted by Gasteiger charge is 2.18. The number of benzene rings is 3. The second-order valence-corrected chi connectivity index (χ2v) is 7.30. The minimum Gasteiger partial charge on any atom is -0.435 e. The zero-order valence-corrected chi connectivity index (χ0v) is 15.1. The van der Waals surface area contributed by atoms with Crippen LogP contribution in [0.15, 0.2) is 72.8 Å². The highest BCUT2D eigenvalue weighted by Crippen LogP contribution is 2.39. The van der Waals surface area contributed by atoms with Gasteiger partial charge in [-0.15, -0.1) is 0 Å². The molecule has 3 aromatic rings. The zero-order chi connectivity index (χ0) is 16.9. The van der Waals surface area contributed by atoms with E-state index in [0.29, 0.717) is 0 Å². The summed E-state index contributed by atoms with van der Waals surface area (Å²) in [6, 6.07) is 24.4. The van der Waals surface area contributed by atoms with Crippen LogP contribution in [-0.2, 0) is 0 Å². The quantitative estimate of drug-likeness (QED) is 0.556. The van der Waals surface area contributed by atoms with E-state index in [1.807, 2.05) is 48.5 Å². The van der Waals surface area contributed by atoms with Crippen molar-refractivity contribution in [1.82, 2.24) is 0 Å². The molecule has 0 N–H and O–H groups in total. The molecule has 0 amide bonds. The fourth-order valence-corrected chi connectivity index (χ4v) is 3.45. The SMILES string of the molecule is Cc1ccc(OP(Oc2ccc(C)cc2)c2ccc(C)cc2)cc1. The van der Waals surface area contributed by atoms with Crippen LogP contribution in [0.1, 0.15) is 16.7 Å². The molecule has 24 heavy (non-hydrogen) atoms. The minimum atomic E-state index is -1.24. The normalized spacial score (nSPS) is 10.7. The molecule has 3 rings (SSSR count). The molecule has 2 nitrogen and oxygen atoms in total. The first kappa shape index (κ1) is 16.5. The van der Waals surface area contributed by atoms with Crippen LogP contribution in [0.3, 0.4) is 0 Å². The Labute approximate surface area is 145 Å². The van der Waals surface area contributed by atoms with Crippen molar-refractivity contribution in [2.75, 3.05) is 0 Å². The molecule has 0 aliphatic rings. The van der Waals surface area contributed by atoms with E-state index in [0.717, 1.165) is 16.8 Å². The first-order valence-corrected chi connectivity index (χ1v) is 9.14. The maximum atomic E-state index is 6.17. The third-order valence-corrected chi connectivity index (χ3v) is 5.14. The Bertz CT molecular complexity index is 730. The fraction of sp³-hybridized carbons (Fsp3) is 0.143. The van der Waals surface area contributed by atoms with Crippen LogP contribution in [0, 0.1) is 20.8 Å². The number of aryl methyl sites for hydroxylation is 3. The molecule has 122 valence electrons. The van der Waals surface area contributed by atoms with E-state index >= 15 is 0 Å². The van der Waals surface area contributed by atoms with Crippen LogP contribution in [-0.4, -0.2) is 0 Å². The summed E-state index contributed by atoms with van der Waals surface area (Å²) < 4.78 is 12.3. The highest BCUT2D eigenvalue weighted by molar-refractivity contribution is 7.56. The van der Waals surface area contributed by atoms with Crippen LogP contribution in [0.25, 0.3) is 0 Å². The van der Waals surface area contributed by atoms with Crippen LogP contribution < -0.4 is 14.4 Å². The van der Waals surface area contributed by atoms with Crippen LogP contribution >= 0.6 is 8.38 Å². The van der Waals surface area contributed by atoms with Crippen molar-refractivity contribution >= 4 is 13.7 Å². The van der Waals surface area contributed by atoms with E-state index in [9.17, 15) is 0 Å². The predicted octanol–water partition coefficient (Wildman–Crippen LogP) is 5.71. The van der Waals surface area contributed by atoms with Crippen molar-refractivity contribution in [2.45, 2.75) is 20.8 Å². The Balaban J connectivity index is 1.86. The maximum Gasteiger partial charge on any atom is 0.326 e. The molecule has 0 radical (unpaired) electrons. The van der Waals surface area contributed by atoms with Gasteiger partial charge in [-0.2, -0.15) is 0 Å². The van der Waals surface area contributed by atoms with Crippen LogP contribution in [0.2, 0.25) is 0 Å². The summed E-state index contributed by atoms with van der Waals surface area (Å²) in [5, 5.41) is 1.05. The van der Waals surface area contributed by atoms with Crippen molar-refractivity contribution in [1.29, 1.82) is 0 Å². The van der Waals surface area contributed by atoms with Gasteiger partial charge in [0.25, 0.3) is 0 Å². The van der Waals surface area contributed by atoms with E-state index in [2.05, 4.69) is 45.0 Å². The summed E-state index contributed by atoms with van der Waals surface area (Å²) in [5.74, 6) is 1.64. The van der Waals surface area contributed by atoms with Crippen LogP contribution in [0.5, 0.6) is 11.5 Å². The molecule has 0 unspecified atom stereocenters. The van der Waals surface area contributed by atoms with E-state index in [-0.39, 0.29) is 0 Å².